The van der Waals surface area contributed by atoms with Crippen molar-refractivity contribution in [1.82, 2.24) is 0 Å². The molecular weight excluding hydrogens is 713 g/mol. The van der Waals surface area contributed by atoms with E-state index in [1.807, 2.05) is 0 Å². The highest BCUT2D eigenvalue weighted by Gasteiger charge is 2.41. The Morgan fingerprint density at radius 3 is 0.720 bits per heavy atom. The summed E-state index contributed by atoms with van der Waals surface area (Å²) in [7, 11) is 0. The Morgan fingerprint density at radius 2 is 0.480 bits per heavy atom. The second kappa shape index (κ2) is 11.9. The molecule has 50 heavy (non-hydrogen) atoms. The lowest BCUT2D eigenvalue weighted by atomic mass is 9.96. The molecule has 0 bridgehead atoms. The molecule has 0 unspecified atom stereocenters. The number of hydrogen-bond donors (Lipinski definition) is 0. The number of thiophene rings is 4. The first-order valence-corrected chi connectivity index (χ1v) is 20.4. The van der Waals surface area contributed by atoms with Crippen LogP contribution in [0.15, 0.2) is 0 Å². The summed E-state index contributed by atoms with van der Waals surface area (Å²) >= 11 is 6.67. The van der Waals surface area contributed by atoms with Crippen LogP contribution in [0.25, 0.3) is 29.3 Å². The van der Waals surface area contributed by atoms with E-state index in [1.54, 1.807) is 45.3 Å². The fourth-order valence-corrected chi connectivity index (χ4v) is 11.0. The maximum atomic E-state index is 6.76. The van der Waals surface area contributed by atoms with E-state index >= 15 is 0 Å². The van der Waals surface area contributed by atoms with Gasteiger partial charge in [-0.05, 0) is 13.8 Å². The fraction of sp³-hybridized carbons (Fsp3) is 0.579. The van der Waals surface area contributed by atoms with Gasteiger partial charge in [-0.1, -0.05) is 55.4 Å². The highest BCUT2D eigenvalue weighted by molar-refractivity contribution is 7.29. The van der Waals surface area contributed by atoms with Crippen molar-refractivity contribution in [2.45, 2.75) is 69.2 Å². The second-order valence-corrected chi connectivity index (χ2v) is 21.6. The maximum Gasteiger partial charge on any atom is 0.181 e. The minimum atomic E-state index is -0.185. The van der Waals surface area contributed by atoms with Crippen LogP contribution >= 0.6 is 45.3 Å². The van der Waals surface area contributed by atoms with Crippen molar-refractivity contribution in [1.29, 1.82) is 0 Å². The lowest BCUT2D eigenvalue weighted by Gasteiger charge is -2.21. The molecule has 8 rings (SSSR count). The van der Waals surface area contributed by atoms with Crippen LogP contribution in [0.5, 0.6) is 46.0 Å². The van der Waals surface area contributed by atoms with Crippen molar-refractivity contribution in [3.63, 3.8) is 0 Å². The lowest BCUT2D eigenvalue weighted by molar-refractivity contribution is 0.139. The zero-order chi connectivity index (χ0) is 35.4. The molecular formula is C38H46O8S4. The molecule has 0 N–H and O–H groups in total. The molecule has 0 atom stereocenters. The van der Waals surface area contributed by atoms with Crippen molar-refractivity contribution in [2.75, 3.05) is 52.9 Å². The van der Waals surface area contributed by atoms with Gasteiger partial charge in [0.1, 0.15) is 0 Å². The third kappa shape index (κ3) is 6.01. The van der Waals surface area contributed by atoms with Crippen molar-refractivity contribution in [2.24, 2.45) is 21.7 Å². The molecule has 0 radical (unpaired) electrons. The molecule has 270 valence electrons. The Balaban J connectivity index is 1.33. The van der Waals surface area contributed by atoms with E-state index in [-0.39, 0.29) is 21.7 Å². The topological polar surface area (TPSA) is 73.8 Å². The first kappa shape index (κ1) is 34.3. The second-order valence-electron chi connectivity index (χ2n) is 17.1. The smallest absolute Gasteiger partial charge is 0.181 e. The van der Waals surface area contributed by atoms with Crippen molar-refractivity contribution < 1.29 is 37.9 Å². The molecule has 4 aliphatic rings. The van der Waals surface area contributed by atoms with Gasteiger partial charge in [-0.3, -0.25) is 0 Å². The Labute approximate surface area is 310 Å². The molecule has 0 saturated carbocycles. The van der Waals surface area contributed by atoms with Gasteiger partial charge in [0.05, 0.1) is 82.1 Å². The molecule has 4 aromatic heterocycles. The SMILES string of the molecule is Cc1sc(-c2sc(-c3sc(-c4sc(C)c5c4OCC(C)(C)CO5)c4c3OCC(C)(C)CO4)c3c2OCC(C)(C)CO3)c2c1OCC(C)(C)CO2. The average Bonchev–Trinajstić information content (AvgIpc) is 3.63. The van der Waals surface area contributed by atoms with Crippen LogP contribution in [0.3, 0.4) is 0 Å². The van der Waals surface area contributed by atoms with Gasteiger partial charge in [-0.15, -0.1) is 45.3 Å². The first-order chi connectivity index (χ1) is 23.5. The van der Waals surface area contributed by atoms with Crippen LogP contribution in [0.2, 0.25) is 0 Å². The van der Waals surface area contributed by atoms with Crippen LogP contribution in [0, 0.1) is 35.5 Å². The summed E-state index contributed by atoms with van der Waals surface area (Å²) in [6.45, 7) is 25.9. The van der Waals surface area contributed by atoms with Gasteiger partial charge in [-0.2, -0.15) is 0 Å². The number of fused-ring (bicyclic) bond motifs is 4. The van der Waals surface area contributed by atoms with E-state index in [4.69, 9.17) is 37.9 Å². The number of hydrogen-bond acceptors (Lipinski definition) is 12. The van der Waals surface area contributed by atoms with Crippen LogP contribution in [0.4, 0.5) is 0 Å². The molecule has 8 heterocycles. The summed E-state index contributed by atoms with van der Waals surface area (Å²) in [5.41, 5.74) is -0.591. The van der Waals surface area contributed by atoms with Crippen molar-refractivity contribution in [3.8, 4) is 75.3 Å². The standard InChI is InChI=1S/C38H46O8S4/c1-19-21-23(41-13-35(3,4)11-39-21)29(47-19)31-25-27(45-17-37(7,8)15-43-25)33(49-31)34-28-26(44-16-38(9,10)18-46-28)32(50-34)30-24-22(20(2)48-30)40-12-36(5,6)14-42-24/h11-18H2,1-10H3. The molecule has 0 fully saturated rings. The van der Waals surface area contributed by atoms with E-state index in [2.05, 4.69) is 69.2 Å². The predicted molar refractivity (Wildman–Crippen MR) is 203 cm³/mol. The molecule has 0 saturated heterocycles. The van der Waals surface area contributed by atoms with Gasteiger partial charge in [0.25, 0.3) is 0 Å². The van der Waals surface area contributed by atoms with Crippen LogP contribution < -0.4 is 37.9 Å². The van der Waals surface area contributed by atoms with Gasteiger partial charge in [0.2, 0.25) is 0 Å². The highest BCUT2D eigenvalue weighted by Crippen LogP contribution is 2.65. The zero-order valence-corrected chi connectivity index (χ0v) is 33.8. The van der Waals surface area contributed by atoms with Crippen LogP contribution in [-0.4, -0.2) is 52.9 Å². The monoisotopic (exact) mass is 758 g/mol. The Hall–Kier alpha value is -2.80. The summed E-state index contributed by atoms with van der Waals surface area (Å²) < 4.78 is 52.8. The van der Waals surface area contributed by atoms with Gasteiger partial charge in [0.15, 0.2) is 46.0 Å². The molecule has 4 aromatic rings. The molecule has 8 nitrogen and oxygen atoms in total. The van der Waals surface area contributed by atoms with E-state index in [0.29, 0.717) is 52.9 Å². The summed E-state index contributed by atoms with van der Waals surface area (Å²) in [6, 6.07) is 0. The molecule has 0 spiro atoms. The number of rotatable bonds is 3. The van der Waals surface area contributed by atoms with E-state index in [0.717, 1.165) is 85.0 Å². The Bertz CT molecular complexity index is 1830. The predicted octanol–water partition coefficient (Wildman–Crippen LogP) is 10.7. The van der Waals surface area contributed by atoms with E-state index in [9.17, 15) is 0 Å². The Morgan fingerprint density at radius 1 is 0.300 bits per heavy atom. The quantitative estimate of drug-likeness (QED) is 0.204. The third-order valence-electron chi connectivity index (χ3n) is 9.10. The van der Waals surface area contributed by atoms with Crippen molar-refractivity contribution in [3.05, 3.63) is 9.75 Å². The molecule has 0 amide bonds. The number of ether oxygens (including phenoxy) is 8. The number of aryl methyl sites for hydroxylation is 2. The zero-order valence-electron chi connectivity index (χ0n) is 30.6. The minimum Gasteiger partial charge on any atom is -0.488 e. The summed E-state index contributed by atoms with van der Waals surface area (Å²) in [5, 5.41) is 0. The third-order valence-corrected chi connectivity index (χ3v) is 14.0. The summed E-state index contributed by atoms with van der Waals surface area (Å²) in [5.74, 6) is 6.15. The summed E-state index contributed by atoms with van der Waals surface area (Å²) in [4.78, 5) is 8.02. The highest BCUT2D eigenvalue weighted by atomic mass is 32.1. The average molecular weight is 759 g/mol. The molecule has 0 aromatic carbocycles. The normalized spacial score (nSPS) is 21.1. The van der Waals surface area contributed by atoms with Gasteiger partial charge in [0, 0.05) is 31.4 Å². The van der Waals surface area contributed by atoms with Crippen LogP contribution in [-0.2, 0) is 0 Å². The fourth-order valence-electron chi connectivity index (χ4n) is 6.14. The van der Waals surface area contributed by atoms with Crippen LogP contribution in [0.1, 0.15) is 65.1 Å². The van der Waals surface area contributed by atoms with Gasteiger partial charge >= 0.3 is 0 Å². The Kier molecular flexibility index (Phi) is 8.14. The van der Waals surface area contributed by atoms with Crippen molar-refractivity contribution >= 4 is 45.3 Å². The summed E-state index contributed by atoms with van der Waals surface area (Å²) in [6.07, 6.45) is 0. The van der Waals surface area contributed by atoms with E-state index in [1.165, 1.54) is 0 Å². The molecule has 12 heteroatoms. The minimum absolute atomic E-state index is 0.111. The molecule has 4 aliphatic heterocycles. The van der Waals surface area contributed by atoms with Gasteiger partial charge < -0.3 is 37.9 Å². The van der Waals surface area contributed by atoms with Gasteiger partial charge in [-0.25, -0.2) is 0 Å². The molecule has 0 aliphatic carbocycles. The maximum absolute atomic E-state index is 6.76. The van der Waals surface area contributed by atoms with E-state index < -0.39 is 0 Å². The lowest BCUT2D eigenvalue weighted by Crippen LogP contribution is -2.26. The first-order valence-electron chi connectivity index (χ1n) is 17.2. The largest absolute Gasteiger partial charge is 0.488 e.